The van der Waals surface area contributed by atoms with Crippen LogP contribution in [0.15, 0.2) is 60.7 Å². The monoisotopic (exact) mass is 438 g/mol. The minimum atomic E-state index is -0.278. The molecule has 0 aliphatic rings. The fraction of sp³-hybridized carbons (Fsp3) is 0.464. The highest BCUT2D eigenvalue weighted by Gasteiger charge is 2.02. The standard InChI is InChI=1S/C28H38O4/c1-23(2)28(29)32-22-12-10-8-6-4-5-7-9-11-21-31-27-19-15-25(16-20-27)24-13-17-26(30-3)18-14-24/h13-20H,1,4-12,21-22H2,2-3H3. The number of rotatable bonds is 16. The van der Waals surface area contributed by atoms with E-state index in [1.807, 2.05) is 24.3 Å². The van der Waals surface area contributed by atoms with Gasteiger partial charge in [0.05, 0.1) is 20.3 Å². The first-order chi connectivity index (χ1) is 15.6. The molecule has 0 saturated heterocycles. The zero-order valence-corrected chi connectivity index (χ0v) is 19.7. The molecular weight excluding hydrogens is 400 g/mol. The molecule has 0 amide bonds. The molecule has 2 aromatic carbocycles. The number of carbonyl (C=O) groups excluding carboxylic acids is 1. The van der Waals surface area contributed by atoms with Crippen LogP contribution in [0.2, 0.25) is 0 Å². The van der Waals surface area contributed by atoms with Gasteiger partial charge in [-0.3, -0.25) is 0 Å². The van der Waals surface area contributed by atoms with E-state index < -0.39 is 0 Å². The second-order valence-corrected chi connectivity index (χ2v) is 8.20. The number of ether oxygens (including phenoxy) is 3. The molecule has 32 heavy (non-hydrogen) atoms. The zero-order valence-electron chi connectivity index (χ0n) is 19.7. The van der Waals surface area contributed by atoms with Gasteiger partial charge >= 0.3 is 5.97 Å². The lowest BCUT2D eigenvalue weighted by Crippen LogP contribution is -2.05. The Balaban J connectivity index is 1.45. The fourth-order valence-corrected chi connectivity index (χ4v) is 3.45. The van der Waals surface area contributed by atoms with E-state index in [-0.39, 0.29) is 5.97 Å². The van der Waals surface area contributed by atoms with Crippen LogP contribution in [0.3, 0.4) is 0 Å². The van der Waals surface area contributed by atoms with Crippen molar-refractivity contribution in [3.8, 4) is 22.6 Å². The van der Waals surface area contributed by atoms with Gasteiger partial charge in [0.15, 0.2) is 0 Å². The molecule has 0 N–H and O–H groups in total. The van der Waals surface area contributed by atoms with E-state index in [4.69, 9.17) is 14.2 Å². The van der Waals surface area contributed by atoms with Crippen molar-refractivity contribution in [1.29, 1.82) is 0 Å². The molecular formula is C28H38O4. The van der Waals surface area contributed by atoms with Crippen LogP contribution in [0, 0.1) is 0 Å². The molecule has 0 aromatic heterocycles. The Bertz CT molecular complexity index is 793. The molecule has 2 aromatic rings. The van der Waals surface area contributed by atoms with Gasteiger partial charge in [0, 0.05) is 5.57 Å². The van der Waals surface area contributed by atoms with Crippen molar-refractivity contribution >= 4 is 5.97 Å². The van der Waals surface area contributed by atoms with Gasteiger partial charge in [-0.1, -0.05) is 75.8 Å². The smallest absolute Gasteiger partial charge is 0.333 e. The maximum atomic E-state index is 11.3. The SMILES string of the molecule is C=C(C)C(=O)OCCCCCCCCCCCOc1ccc(-c2ccc(OC)cc2)cc1. The molecule has 0 aliphatic carbocycles. The number of methoxy groups -OCH3 is 1. The third-order valence-electron chi connectivity index (χ3n) is 5.42. The Morgan fingerprint density at radius 3 is 1.59 bits per heavy atom. The van der Waals surface area contributed by atoms with Crippen LogP contribution in [0.5, 0.6) is 11.5 Å². The minimum absolute atomic E-state index is 0.278. The average Bonchev–Trinajstić information content (AvgIpc) is 2.82. The predicted molar refractivity (Wildman–Crippen MR) is 131 cm³/mol. The van der Waals surface area contributed by atoms with E-state index in [0.717, 1.165) is 37.4 Å². The normalized spacial score (nSPS) is 10.6. The first-order valence-corrected chi connectivity index (χ1v) is 11.8. The molecule has 0 heterocycles. The van der Waals surface area contributed by atoms with Crippen molar-refractivity contribution in [2.24, 2.45) is 0 Å². The average molecular weight is 439 g/mol. The van der Waals surface area contributed by atoms with Gasteiger partial charge < -0.3 is 14.2 Å². The predicted octanol–water partition coefficient (Wildman–Crippen LogP) is 7.37. The lowest BCUT2D eigenvalue weighted by molar-refractivity contribution is -0.139. The van der Waals surface area contributed by atoms with Gasteiger partial charge in [-0.25, -0.2) is 4.79 Å². The Labute approximate surface area is 193 Å². The van der Waals surface area contributed by atoms with Crippen molar-refractivity contribution in [1.82, 2.24) is 0 Å². The Morgan fingerprint density at radius 2 is 1.12 bits per heavy atom. The molecule has 4 heteroatoms. The molecule has 2 rings (SSSR count). The van der Waals surface area contributed by atoms with Crippen LogP contribution in [0.1, 0.15) is 64.7 Å². The maximum absolute atomic E-state index is 11.3. The molecule has 0 spiro atoms. The van der Waals surface area contributed by atoms with Crippen LogP contribution in [-0.2, 0) is 9.53 Å². The second kappa shape index (κ2) is 15.1. The van der Waals surface area contributed by atoms with E-state index in [9.17, 15) is 4.79 Å². The molecule has 0 fully saturated rings. The maximum Gasteiger partial charge on any atom is 0.333 e. The van der Waals surface area contributed by atoms with Gasteiger partial charge in [0.2, 0.25) is 0 Å². The largest absolute Gasteiger partial charge is 0.497 e. The molecule has 174 valence electrons. The zero-order chi connectivity index (χ0) is 23.0. The van der Waals surface area contributed by atoms with E-state index in [0.29, 0.717) is 12.2 Å². The number of hydrogen-bond acceptors (Lipinski definition) is 4. The van der Waals surface area contributed by atoms with Crippen LogP contribution in [0.4, 0.5) is 0 Å². The number of hydrogen-bond donors (Lipinski definition) is 0. The van der Waals surface area contributed by atoms with Crippen molar-refractivity contribution in [3.63, 3.8) is 0 Å². The third-order valence-corrected chi connectivity index (χ3v) is 5.42. The number of esters is 1. The topological polar surface area (TPSA) is 44.8 Å². The Morgan fingerprint density at radius 1 is 0.688 bits per heavy atom. The molecule has 0 atom stereocenters. The molecule has 0 radical (unpaired) electrons. The summed E-state index contributed by atoms with van der Waals surface area (Å²) in [5.41, 5.74) is 2.81. The highest BCUT2D eigenvalue weighted by atomic mass is 16.5. The molecule has 0 aliphatic heterocycles. The Hall–Kier alpha value is -2.75. The molecule has 0 bridgehead atoms. The van der Waals surface area contributed by atoms with Gasteiger partial charge in [-0.05, 0) is 55.2 Å². The summed E-state index contributed by atoms with van der Waals surface area (Å²) in [6.45, 7) is 6.53. The lowest BCUT2D eigenvalue weighted by Gasteiger charge is -2.08. The highest BCUT2D eigenvalue weighted by Crippen LogP contribution is 2.24. The van der Waals surface area contributed by atoms with Gasteiger partial charge in [0.1, 0.15) is 11.5 Å². The second-order valence-electron chi connectivity index (χ2n) is 8.20. The van der Waals surface area contributed by atoms with E-state index in [1.165, 1.54) is 49.7 Å². The number of benzene rings is 2. The number of unbranched alkanes of at least 4 members (excludes halogenated alkanes) is 8. The van der Waals surface area contributed by atoms with E-state index in [1.54, 1.807) is 14.0 Å². The molecule has 4 nitrogen and oxygen atoms in total. The van der Waals surface area contributed by atoms with Crippen LogP contribution in [-0.4, -0.2) is 26.3 Å². The Kier molecular flexibility index (Phi) is 12.1. The van der Waals surface area contributed by atoms with Crippen molar-refractivity contribution < 1.29 is 19.0 Å². The van der Waals surface area contributed by atoms with Crippen LogP contribution < -0.4 is 9.47 Å². The summed E-state index contributed by atoms with van der Waals surface area (Å²) in [5.74, 6) is 1.52. The van der Waals surface area contributed by atoms with Gasteiger partial charge in [-0.15, -0.1) is 0 Å². The van der Waals surface area contributed by atoms with Crippen molar-refractivity contribution in [2.45, 2.75) is 64.7 Å². The quantitative estimate of drug-likeness (QED) is 0.156. The summed E-state index contributed by atoms with van der Waals surface area (Å²) in [7, 11) is 1.68. The summed E-state index contributed by atoms with van der Waals surface area (Å²) in [5, 5.41) is 0. The summed E-state index contributed by atoms with van der Waals surface area (Å²) in [6, 6.07) is 16.4. The summed E-state index contributed by atoms with van der Waals surface area (Å²) >= 11 is 0. The number of carbonyl (C=O) groups is 1. The summed E-state index contributed by atoms with van der Waals surface area (Å²) in [4.78, 5) is 11.3. The first kappa shape index (κ1) is 25.5. The summed E-state index contributed by atoms with van der Waals surface area (Å²) in [6.07, 6.45) is 10.6. The van der Waals surface area contributed by atoms with Crippen LogP contribution >= 0.6 is 0 Å². The van der Waals surface area contributed by atoms with E-state index >= 15 is 0 Å². The van der Waals surface area contributed by atoms with Crippen LogP contribution in [0.25, 0.3) is 11.1 Å². The summed E-state index contributed by atoms with van der Waals surface area (Å²) < 4.78 is 16.2. The van der Waals surface area contributed by atoms with Gasteiger partial charge in [0.25, 0.3) is 0 Å². The lowest BCUT2D eigenvalue weighted by atomic mass is 10.1. The first-order valence-electron chi connectivity index (χ1n) is 11.8. The van der Waals surface area contributed by atoms with Gasteiger partial charge in [-0.2, -0.15) is 0 Å². The highest BCUT2D eigenvalue weighted by molar-refractivity contribution is 5.86. The minimum Gasteiger partial charge on any atom is -0.497 e. The van der Waals surface area contributed by atoms with Crippen molar-refractivity contribution in [3.05, 3.63) is 60.7 Å². The fourth-order valence-electron chi connectivity index (χ4n) is 3.45. The molecule has 0 saturated carbocycles. The third kappa shape index (κ3) is 10.0. The van der Waals surface area contributed by atoms with E-state index in [2.05, 4.69) is 30.8 Å². The van der Waals surface area contributed by atoms with Crippen molar-refractivity contribution in [2.75, 3.05) is 20.3 Å². The molecule has 0 unspecified atom stereocenters.